The first-order valence-corrected chi connectivity index (χ1v) is 5.29. The molecule has 0 saturated carbocycles. The summed E-state index contributed by atoms with van der Waals surface area (Å²) in [6.07, 6.45) is 2.10. The highest BCUT2D eigenvalue weighted by Crippen LogP contribution is 2.24. The van der Waals surface area contributed by atoms with Gasteiger partial charge in [0.15, 0.2) is 0 Å². The lowest BCUT2D eigenvalue weighted by molar-refractivity contribution is 0.969. The molecule has 0 atom stereocenters. The average molecular weight is 239 g/mol. The number of rotatable bonds is 2. The second-order valence-electron chi connectivity index (χ2n) is 2.98. The van der Waals surface area contributed by atoms with Crippen LogP contribution >= 0.6 is 15.9 Å². The van der Waals surface area contributed by atoms with E-state index in [1.54, 1.807) is 0 Å². The van der Waals surface area contributed by atoms with Crippen molar-refractivity contribution in [1.29, 1.82) is 0 Å². The Labute approximate surface area is 85.7 Å². The third-order valence-electron chi connectivity index (χ3n) is 2.15. The van der Waals surface area contributed by atoms with Gasteiger partial charge in [0.2, 0.25) is 0 Å². The Kier molecular flexibility index (Phi) is 2.27. The molecule has 0 amide bonds. The third kappa shape index (κ3) is 1.44. The monoisotopic (exact) mass is 238 g/mol. The maximum Gasteiger partial charge on any atom is 0.0708 e. The Bertz CT molecular complexity index is 420. The second-order valence-corrected chi connectivity index (χ2v) is 3.54. The number of nitrogens with zero attached hydrogens (tertiary/aromatic N) is 1. The van der Waals surface area contributed by atoms with Crippen molar-refractivity contribution in [2.45, 2.75) is 0 Å². The molecule has 1 aromatic heterocycles. The average Bonchev–Trinajstić information content (AvgIpc) is 2.46. The van der Waals surface area contributed by atoms with Crippen LogP contribution in [-0.2, 0) is 7.05 Å². The standard InChI is InChI=1S/C10H11BrN2/c1-13-6-9(12-7-11)8-4-2-3-5-10(8)13/h2-6,12H,7H2,1H3. The fourth-order valence-electron chi connectivity index (χ4n) is 1.55. The molecule has 1 aromatic carbocycles. The summed E-state index contributed by atoms with van der Waals surface area (Å²) < 4.78 is 2.13. The SMILES string of the molecule is Cn1cc(NCBr)c2ccccc21. The zero-order chi connectivity index (χ0) is 9.26. The summed E-state index contributed by atoms with van der Waals surface area (Å²) >= 11 is 3.36. The fraction of sp³-hybridized carbons (Fsp3) is 0.200. The van der Waals surface area contributed by atoms with Gasteiger partial charge in [-0.15, -0.1) is 0 Å². The maximum absolute atomic E-state index is 3.36. The molecule has 1 heterocycles. The lowest BCUT2D eigenvalue weighted by atomic mass is 10.2. The highest BCUT2D eigenvalue weighted by atomic mass is 79.9. The number of aryl methyl sites for hydroxylation is 1. The number of hydrogen-bond donors (Lipinski definition) is 1. The van der Waals surface area contributed by atoms with E-state index in [0.29, 0.717) is 0 Å². The zero-order valence-electron chi connectivity index (χ0n) is 7.42. The van der Waals surface area contributed by atoms with Crippen LogP contribution in [0.5, 0.6) is 0 Å². The highest BCUT2D eigenvalue weighted by molar-refractivity contribution is 9.09. The van der Waals surface area contributed by atoms with E-state index in [9.17, 15) is 0 Å². The summed E-state index contributed by atoms with van der Waals surface area (Å²) in [6, 6.07) is 8.36. The summed E-state index contributed by atoms with van der Waals surface area (Å²) in [7, 11) is 2.06. The topological polar surface area (TPSA) is 17.0 Å². The summed E-state index contributed by atoms with van der Waals surface area (Å²) in [5, 5.41) is 4.54. The van der Waals surface area contributed by atoms with E-state index in [1.807, 2.05) is 0 Å². The van der Waals surface area contributed by atoms with Gasteiger partial charge in [-0.25, -0.2) is 0 Å². The Morgan fingerprint density at radius 1 is 1.38 bits per heavy atom. The fourth-order valence-corrected chi connectivity index (χ4v) is 1.86. The largest absolute Gasteiger partial charge is 0.374 e. The van der Waals surface area contributed by atoms with Crippen molar-refractivity contribution in [3.8, 4) is 0 Å². The molecular weight excluding hydrogens is 228 g/mol. The van der Waals surface area contributed by atoms with Crippen LogP contribution in [0.2, 0.25) is 0 Å². The molecule has 2 aromatic rings. The van der Waals surface area contributed by atoms with Gasteiger partial charge in [0.05, 0.1) is 11.1 Å². The van der Waals surface area contributed by atoms with Crippen LogP contribution in [0.3, 0.4) is 0 Å². The van der Waals surface area contributed by atoms with Gasteiger partial charge < -0.3 is 9.88 Å². The van der Waals surface area contributed by atoms with Gasteiger partial charge in [0, 0.05) is 24.1 Å². The summed E-state index contributed by atoms with van der Waals surface area (Å²) in [5.74, 6) is 0. The van der Waals surface area contributed by atoms with Crippen molar-refractivity contribution >= 4 is 32.5 Å². The Balaban J connectivity index is 2.63. The zero-order valence-corrected chi connectivity index (χ0v) is 9.01. The van der Waals surface area contributed by atoms with Crippen LogP contribution in [0.1, 0.15) is 0 Å². The number of anilines is 1. The molecule has 0 aliphatic carbocycles. The van der Waals surface area contributed by atoms with Gasteiger partial charge in [0.1, 0.15) is 0 Å². The summed E-state index contributed by atoms with van der Waals surface area (Å²) in [4.78, 5) is 0. The Morgan fingerprint density at radius 3 is 2.92 bits per heavy atom. The Morgan fingerprint density at radius 2 is 2.15 bits per heavy atom. The molecular formula is C10H11BrN2. The van der Waals surface area contributed by atoms with E-state index in [-0.39, 0.29) is 0 Å². The molecule has 0 unspecified atom stereocenters. The van der Waals surface area contributed by atoms with Crippen LogP contribution in [0, 0.1) is 0 Å². The highest BCUT2D eigenvalue weighted by Gasteiger charge is 2.03. The molecule has 0 spiro atoms. The maximum atomic E-state index is 3.36. The molecule has 2 nitrogen and oxygen atoms in total. The van der Waals surface area contributed by atoms with Gasteiger partial charge in [-0.3, -0.25) is 0 Å². The van der Waals surface area contributed by atoms with E-state index in [4.69, 9.17) is 0 Å². The molecule has 68 valence electrons. The normalized spacial score (nSPS) is 10.6. The second kappa shape index (κ2) is 3.42. The predicted octanol–water partition coefficient (Wildman–Crippen LogP) is 2.94. The number of aromatic nitrogens is 1. The lowest BCUT2D eigenvalue weighted by Crippen LogP contribution is -1.91. The quantitative estimate of drug-likeness (QED) is 0.629. The van der Waals surface area contributed by atoms with E-state index in [1.165, 1.54) is 16.6 Å². The van der Waals surface area contributed by atoms with Gasteiger partial charge in [0.25, 0.3) is 0 Å². The number of fused-ring (bicyclic) bond motifs is 1. The molecule has 2 rings (SSSR count). The van der Waals surface area contributed by atoms with Crippen LogP contribution in [0.25, 0.3) is 10.9 Å². The molecule has 0 aliphatic heterocycles. The molecule has 0 bridgehead atoms. The molecule has 0 radical (unpaired) electrons. The number of hydrogen-bond acceptors (Lipinski definition) is 1. The minimum absolute atomic E-state index is 0.779. The molecule has 0 saturated heterocycles. The summed E-state index contributed by atoms with van der Waals surface area (Å²) in [6.45, 7) is 0. The minimum Gasteiger partial charge on any atom is -0.374 e. The number of halogens is 1. The number of benzene rings is 1. The molecule has 0 fully saturated rings. The van der Waals surface area contributed by atoms with Crippen LogP contribution in [0.15, 0.2) is 30.5 Å². The van der Waals surface area contributed by atoms with Gasteiger partial charge in [-0.05, 0) is 6.07 Å². The van der Waals surface area contributed by atoms with Crippen molar-refractivity contribution in [3.05, 3.63) is 30.5 Å². The van der Waals surface area contributed by atoms with E-state index in [0.717, 1.165) is 5.45 Å². The molecule has 1 N–H and O–H groups in total. The predicted molar refractivity (Wildman–Crippen MR) is 60.3 cm³/mol. The minimum atomic E-state index is 0.779. The number of alkyl halides is 1. The van der Waals surface area contributed by atoms with Gasteiger partial charge in [-0.1, -0.05) is 34.1 Å². The van der Waals surface area contributed by atoms with Crippen LogP contribution in [0.4, 0.5) is 5.69 Å². The van der Waals surface area contributed by atoms with E-state index >= 15 is 0 Å². The number of nitrogens with one attached hydrogen (secondary N) is 1. The third-order valence-corrected chi connectivity index (χ3v) is 2.43. The van der Waals surface area contributed by atoms with Crippen molar-refractivity contribution in [3.63, 3.8) is 0 Å². The Hall–Kier alpha value is -0.960. The van der Waals surface area contributed by atoms with Gasteiger partial charge >= 0.3 is 0 Å². The number of para-hydroxylation sites is 1. The molecule has 13 heavy (non-hydrogen) atoms. The van der Waals surface area contributed by atoms with Crippen molar-refractivity contribution in [2.75, 3.05) is 10.8 Å². The van der Waals surface area contributed by atoms with Crippen molar-refractivity contribution in [1.82, 2.24) is 4.57 Å². The molecule has 3 heteroatoms. The van der Waals surface area contributed by atoms with Crippen molar-refractivity contribution in [2.24, 2.45) is 7.05 Å². The van der Waals surface area contributed by atoms with Crippen LogP contribution < -0.4 is 5.32 Å². The first-order chi connectivity index (χ1) is 6.33. The smallest absolute Gasteiger partial charge is 0.0708 e. The van der Waals surface area contributed by atoms with Crippen LogP contribution in [-0.4, -0.2) is 10.0 Å². The van der Waals surface area contributed by atoms with E-state index in [2.05, 4.69) is 63.3 Å². The van der Waals surface area contributed by atoms with E-state index < -0.39 is 0 Å². The van der Waals surface area contributed by atoms with Crippen molar-refractivity contribution < 1.29 is 0 Å². The van der Waals surface area contributed by atoms with Gasteiger partial charge in [-0.2, -0.15) is 0 Å². The first-order valence-electron chi connectivity index (χ1n) is 4.17. The lowest BCUT2D eigenvalue weighted by Gasteiger charge is -1.97. The summed E-state index contributed by atoms with van der Waals surface area (Å²) in [5.41, 5.74) is 3.21. The molecule has 0 aliphatic rings. The first kappa shape index (κ1) is 8.63.